The third kappa shape index (κ3) is 6.93. The lowest BCUT2D eigenvalue weighted by Crippen LogP contribution is -2.20. The second-order valence-corrected chi connectivity index (χ2v) is 5.45. The highest BCUT2D eigenvalue weighted by Crippen LogP contribution is 2.11. The van der Waals surface area contributed by atoms with Gasteiger partial charge >= 0.3 is 11.9 Å². The van der Waals surface area contributed by atoms with Crippen molar-refractivity contribution in [2.24, 2.45) is 11.8 Å². The Bertz CT molecular complexity index is 439. The maximum atomic E-state index is 11.6. The van der Waals surface area contributed by atoms with Crippen LogP contribution in [0.5, 0.6) is 0 Å². The van der Waals surface area contributed by atoms with Crippen LogP contribution in [0, 0.1) is 11.8 Å². The van der Waals surface area contributed by atoms with Crippen molar-refractivity contribution < 1.29 is 19.1 Å². The Morgan fingerprint density at radius 1 is 1.05 bits per heavy atom. The highest BCUT2D eigenvalue weighted by atomic mass is 16.5. The molecule has 0 aliphatic carbocycles. The standard InChI is InChI=1S/C17H24O4/c1-13(2)14(3)17(19)20-11-7-10-16(18)21-12-15-8-5-4-6-9-15/h4-6,8-9,13-14H,7,10-12H2,1-3H3/t14-/m0/s1. The molecule has 4 nitrogen and oxygen atoms in total. The first-order chi connectivity index (χ1) is 10.0. The molecule has 0 saturated carbocycles. The van der Waals surface area contributed by atoms with Crippen LogP contribution in [0.2, 0.25) is 0 Å². The summed E-state index contributed by atoms with van der Waals surface area (Å²) in [6.45, 7) is 6.35. The normalized spacial score (nSPS) is 12.0. The van der Waals surface area contributed by atoms with Crippen LogP contribution in [0.25, 0.3) is 0 Å². The Balaban J connectivity index is 2.12. The maximum absolute atomic E-state index is 11.6. The topological polar surface area (TPSA) is 52.6 Å². The average Bonchev–Trinajstić information content (AvgIpc) is 2.49. The summed E-state index contributed by atoms with van der Waals surface area (Å²) in [5.74, 6) is -0.335. The van der Waals surface area contributed by atoms with Crippen LogP contribution in [-0.2, 0) is 25.7 Å². The summed E-state index contributed by atoms with van der Waals surface area (Å²) in [6.07, 6.45) is 0.750. The smallest absolute Gasteiger partial charge is 0.308 e. The predicted octanol–water partition coefficient (Wildman–Crippen LogP) is 3.35. The summed E-state index contributed by atoms with van der Waals surface area (Å²) >= 11 is 0. The summed E-state index contributed by atoms with van der Waals surface area (Å²) in [5.41, 5.74) is 0.961. The van der Waals surface area contributed by atoms with E-state index in [2.05, 4.69) is 0 Å². The Labute approximate surface area is 126 Å². The van der Waals surface area contributed by atoms with Gasteiger partial charge in [-0.05, 0) is 17.9 Å². The van der Waals surface area contributed by atoms with Crippen molar-refractivity contribution in [3.63, 3.8) is 0 Å². The molecule has 116 valence electrons. The molecule has 0 unspecified atom stereocenters. The summed E-state index contributed by atoms with van der Waals surface area (Å²) in [6, 6.07) is 9.53. The van der Waals surface area contributed by atoms with Crippen molar-refractivity contribution in [3.05, 3.63) is 35.9 Å². The quantitative estimate of drug-likeness (QED) is 0.544. The maximum Gasteiger partial charge on any atom is 0.308 e. The lowest BCUT2D eigenvalue weighted by Gasteiger charge is -2.14. The van der Waals surface area contributed by atoms with Crippen LogP contribution >= 0.6 is 0 Å². The van der Waals surface area contributed by atoms with Gasteiger partial charge in [0.15, 0.2) is 0 Å². The van der Waals surface area contributed by atoms with E-state index in [1.807, 2.05) is 51.1 Å². The van der Waals surface area contributed by atoms with Gasteiger partial charge in [-0.25, -0.2) is 0 Å². The van der Waals surface area contributed by atoms with Gasteiger partial charge in [-0.3, -0.25) is 9.59 Å². The lowest BCUT2D eigenvalue weighted by atomic mass is 9.99. The number of hydrogen-bond acceptors (Lipinski definition) is 4. The first-order valence-electron chi connectivity index (χ1n) is 7.37. The first-order valence-corrected chi connectivity index (χ1v) is 7.37. The molecular formula is C17H24O4. The largest absolute Gasteiger partial charge is 0.465 e. The highest BCUT2D eigenvalue weighted by Gasteiger charge is 2.17. The zero-order chi connectivity index (χ0) is 15.7. The van der Waals surface area contributed by atoms with E-state index in [1.165, 1.54) is 0 Å². The zero-order valence-electron chi connectivity index (χ0n) is 13.0. The third-order valence-electron chi connectivity index (χ3n) is 3.38. The van der Waals surface area contributed by atoms with Gasteiger partial charge < -0.3 is 9.47 Å². The predicted molar refractivity (Wildman–Crippen MR) is 80.4 cm³/mol. The molecule has 4 heteroatoms. The van der Waals surface area contributed by atoms with Crippen molar-refractivity contribution in [2.45, 2.75) is 40.2 Å². The second kappa shape index (κ2) is 9.16. The molecule has 0 aromatic heterocycles. The summed E-state index contributed by atoms with van der Waals surface area (Å²) in [4.78, 5) is 23.1. The summed E-state index contributed by atoms with van der Waals surface area (Å²) < 4.78 is 10.3. The van der Waals surface area contributed by atoms with E-state index in [0.717, 1.165) is 5.56 Å². The minimum absolute atomic E-state index is 0.116. The summed E-state index contributed by atoms with van der Waals surface area (Å²) in [5, 5.41) is 0. The SMILES string of the molecule is CC(C)[C@H](C)C(=O)OCCCC(=O)OCc1ccccc1. The van der Waals surface area contributed by atoms with Gasteiger partial charge in [0.1, 0.15) is 6.61 Å². The molecule has 0 heterocycles. The Morgan fingerprint density at radius 3 is 2.33 bits per heavy atom. The van der Waals surface area contributed by atoms with Gasteiger partial charge in [0.05, 0.1) is 12.5 Å². The number of esters is 2. The number of hydrogen-bond donors (Lipinski definition) is 0. The number of carbonyl (C=O) groups excluding carboxylic acids is 2. The molecule has 0 radical (unpaired) electrons. The van der Waals surface area contributed by atoms with Gasteiger partial charge in [0.2, 0.25) is 0 Å². The number of benzene rings is 1. The molecule has 0 fully saturated rings. The first kappa shape index (κ1) is 17.2. The van der Waals surface area contributed by atoms with E-state index in [4.69, 9.17) is 9.47 Å². The molecule has 0 bridgehead atoms. The van der Waals surface area contributed by atoms with Crippen LogP contribution in [0.1, 0.15) is 39.2 Å². The van der Waals surface area contributed by atoms with Gasteiger partial charge in [-0.2, -0.15) is 0 Å². The van der Waals surface area contributed by atoms with E-state index in [0.29, 0.717) is 6.42 Å². The fourth-order valence-electron chi connectivity index (χ4n) is 1.60. The van der Waals surface area contributed by atoms with Crippen molar-refractivity contribution in [3.8, 4) is 0 Å². The molecule has 0 amide bonds. The number of rotatable bonds is 8. The summed E-state index contributed by atoms with van der Waals surface area (Å²) in [7, 11) is 0. The van der Waals surface area contributed by atoms with Crippen molar-refractivity contribution >= 4 is 11.9 Å². The van der Waals surface area contributed by atoms with Crippen molar-refractivity contribution in [1.82, 2.24) is 0 Å². The second-order valence-electron chi connectivity index (χ2n) is 5.45. The lowest BCUT2D eigenvalue weighted by molar-refractivity contribution is -0.151. The monoisotopic (exact) mass is 292 g/mol. The minimum Gasteiger partial charge on any atom is -0.465 e. The molecule has 21 heavy (non-hydrogen) atoms. The molecule has 0 N–H and O–H groups in total. The molecule has 0 spiro atoms. The van der Waals surface area contributed by atoms with Crippen LogP contribution in [0.15, 0.2) is 30.3 Å². The van der Waals surface area contributed by atoms with Gasteiger partial charge in [0, 0.05) is 6.42 Å². The molecule has 0 aliphatic heterocycles. The van der Waals surface area contributed by atoms with E-state index in [1.54, 1.807) is 0 Å². The average molecular weight is 292 g/mol. The molecule has 0 saturated heterocycles. The van der Waals surface area contributed by atoms with E-state index < -0.39 is 0 Å². The molecular weight excluding hydrogens is 268 g/mol. The van der Waals surface area contributed by atoms with E-state index in [-0.39, 0.29) is 43.4 Å². The Kier molecular flexibility index (Phi) is 7.51. The highest BCUT2D eigenvalue weighted by molar-refractivity contribution is 5.72. The van der Waals surface area contributed by atoms with E-state index >= 15 is 0 Å². The van der Waals surface area contributed by atoms with Crippen LogP contribution < -0.4 is 0 Å². The number of ether oxygens (including phenoxy) is 2. The molecule has 1 aromatic rings. The minimum atomic E-state index is -0.271. The molecule has 1 aromatic carbocycles. The Hall–Kier alpha value is -1.84. The van der Waals surface area contributed by atoms with Gasteiger partial charge in [-0.1, -0.05) is 51.1 Å². The van der Waals surface area contributed by atoms with Crippen LogP contribution in [-0.4, -0.2) is 18.5 Å². The van der Waals surface area contributed by atoms with Crippen molar-refractivity contribution in [2.75, 3.05) is 6.61 Å². The fourth-order valence-corrected chi connectivity index (χ4v) is 1.60. The number of carbonyl (C=O) groups is 2. The molecule has 1 atom stereocenters. The third-order valence-corrected chi connectivity index (χ3v) is 3.38. The van der Waals surface area contributed by atoms with Crippen LogP contribution in [0.3, 0.4) is 0 Å². The van der Waals surface area contributed by atoms with Gasteiger partial charge in [-0.15, -0.1) is 0 Å². The van der Waals surface area contributed by atoms with E-state index in [9.17, 15) is 9.59 Å². The zero-order valence-corrected chi connectivity index (χ0v) is 13.0. The molecule has 1 rings (SSSR count). The van der Waals surface area contributed by atoms with Crippen LogP contribution in [0.4, 0.5) is 0 Å². The molecule has 0 aliphatic rings. The fraction of sp³-hybridized carbons (Fsp3) is 0.529. The Morgan fingerprint density at radius 2 is 1.71 bits per heavy atom. The van der Waals surface area contributed by atoms with Gasteiger partial charge in [0.25, 0.3) is 0 Å². The van der Waals surface area contributed by atoms with Crippen molar-refractivity contribution in [1.29, 1.82) is 0 Å².